The van der Waals surface area contributed by atoms with Gasteiger partial charge in [-0.2, -0.15) is 0 Å². The zero-order chi connectivity index (χ0) is 39.2. The molecular formula is C43H66N2O6SSi. The van der Waals surface area contributed by atoms with Crippen LogP contribution in [-0.2, 0) is 25.2 Å². The predicted molar refractivity (Wildman–Crippen MR) is 220 cm³/mol. The van der Waals surface area contributed by atoms with Crippen molar-refractivity contribution in [3.05, 3.63) is 69.9 Å². The Kier molecular flexibility index (Phi) is 14.6. The Balaban J connectivity index is 1.49. The second-order valence-electron chi connectivity index (χ2n) is 17.2. The van der Waals surface area contributed by atoms with E-state index in [9.17, 15) is 14.7 Å². The van der Waals surface area contributed by atoms with E-state index in [1.165, 1.54) is 5.57 Å². The first-order valence-electron chi connectivity index (χ1n) is 19.6. The number of aromatic hydroxyl groups is 1. The van der Waals surface area contributed by atoms with Gasteiger partial charge in [0.2, 0.25) is 5.91 Å². The standard InChI is InChI=1S/C43H66N2O6SSi/c1-13-14-15-17-31-23-34(46)38(33-22-29(6)18-19-32(33)28(4)5)35(24-31)49-21-16-20-44-25-36-39(42(48)50-26-27(2)3)45-40(47)37(41(45)52-36)30(7)51-53(11,12)43(8,9)10/h16,20,22-24,27,30,32-33,37,41,44,46H,4,13-15,17-19,21,25-26H2,1-3,5-12H3/b20-16+/t30-,32+,33-,37+,41?/m1/s1. The number of nitrogens with zero attached hydrogens (tertiary/aromatic N) is 1. The number of ether oxygens (including phenoxy) is 2. The maximum absolute atomic E-state index is 13.6. The van der Waals surface area contributed by atoms with Gasteiger partial charge in [-0.05, 0) is 106 Å². The Morgan fingerprint density at radius 2 is 1.92 bits per heavy atom. The van der Waals surface area contributed by atoms with E-state index in [0.717, 1.165) is 60.1 Å². The Morgan fingerprint density at radius 1 is 1.21 bits per heavy atom. The summed E-state index contributed by atoms with van der Waals surface area (Å²) in [7, 11) is -2.11. The van der Waals surface area contributed by atoms with Crippen molar-refractivity contribution in [3.8, 4) is 11.5 Å². The van der Waals surface area contributed by atoms with Crippen molar-refractivity contribution in [2.24, 2.45) is 17.8 Å². The number of allylic oxidation sites excluding steroid dienone is 3. The molecule has 2 heterocycles. The number of unbranched alkanes of at least 4 members (excludes halogenated alkanes) is 2. The maximum Gasteiger partial charge on any atom is 0.355 e. The van der Waals surface area contributed by atoms with Crippen molar-refractivity contribution in [2.75, 3.05) is 19.8 Å². The van der Waals surface area contributed by atoms with Crippen LogP contribution in [0.3, 0.4) is 0 Å². The van der Waals surface area contributed by atoms with Gasteiger partial charge in [-0.15, -0.1) is 0 Å². The van der Waals surface area contributed by atoms with E-state index in [1.807, 2.05) is 39.1 Å². The number of thioether (sulfide) groups is 1. The van der Waals surface area contributed by atoms with Crippen LogP contribution in [-0.4, -0.2) is 61.4 Å². The van der Waals surface area contributed by atoms with Gasteiger partial charge in [0.05, 0.1) is 18.6 Å². The average Bonchev–Trinajstić information content (AvgIpc) is 3.38. The van der Waals surface area contributed by atoms with Crippen LogP contribution in [0.4, 0.5) is 0 Å². The van der Waals surface area contributed by atoms with Crippen LogP contribution >= 0.6 is 11.8 Å². The number of rotatable bonds is 18. The van der Waals surface area contributed by atoms with Gasteiger partial charge in [0, 0.05) is 22.9 Å². The molecule has 0 saturated carbocycles. The van der Waals surface area contributed by atoms with Crippen LogP contribution in [0.5, 0.6) is 11.5 Å². The average molecular weight is 767 g/mol. The molecule has 1 aromatic carbocycles. The summed E-state index contributed by atoms with van der Waals surface area (Å²) in [6, 6.07) is 4.01. The molecule has 4 rings (SSSR count). The smallest absolute Gasteiger partial charge is 0.355 e. The first-order valence-corrected chi connectivity index (χ1v) is 23.4. The number of benzene rings is 1. The number of aryl methyl sites for hydroxylation is 1. The molecule has 1 amide bonds. The van der Waals surface area contributed by atoms with Crippen molar-refractivity contribution in [1.29, 1.82) is 0 Å². The molecule has 1 aromatic rings. The molecule has 8 nitrogen and oxygen atoms in total. The Hall–Kier alpha value is -2.95. The van der Waals surface area contributed by atoms with Gasteiger partial charge in [0.15, 0.2) is 8.32 Å². The molecule has 1 unspecified atom stereocenters. The van der Waals surface area contributed by atoms with Crippen LogP contribution < -0.4 is 10.1 Å². The second-order valence-corrected chi connectivity index (χ2v) is 23.2. The van der Waals surface area contributed by atoms with E-state index in [-0.39, 0.29) is 65.1 Å². The number of esters is 1. The minimum atomic E-state index is -2.11. The number of nitrogens with one attached hydrogen (secondary N) is 1. The lowest BCUT2D eigenvalue weighted by Gasteiger charge is -2.48. The van der Waals surface area contributed by atoms with Crippen molar-refractivity contribution < 1.29 is 28.6 Å². The summed E-state index contributed by atoms with van der Waals surface area (Å²) in [5.41, 5.74) is 4.66. The largest absolute Gasteiger partial charge is 0.507 e. The Morgan fingerprint density at radius 3 is 2.57 bits per heavy atom. The number of phenols is 1. The first kappa shape index (κ1) is 42.8. The zero-order valence-corrected chi connectivity index (χ0v) is 36.1. The van der Waals surface area contributed by atoms with E-state index >= 15 is 0 Å². The molecule has 0 bridgehead atoms. The monoisotopic (exact) mass is 766 g/mol. The molecule has 0 spiro atoms. The molecule has 2 N–H and O–H groups in total. The summed E-state index contributed by atoms with van der Waals surface area (Å²) in [4.78, 5) is 29.4. The fraction of sp³-hybridized carbons (Fsp3) is 0.628. The topological polar surface area (TPSA) is 97.3 Å². The maximum atomic E-state index is 13.6. The van der Waals surface area contributed by atoms with E-state index < -0.39 is 14.3 Å². The summed E-state index contributed by atoms with van der Waals surface area (Å²) in [6.07, 6.45) is 12.0. The van der Waals surface area contributed by atoms with Crippen molar-refractivity contribution in [1.82, 2.24) is 10.2 Å². The highest BCUT2D eigenvalue weighted by Gasteiger charge is 2.59. The lowest BCUT2D eigenvalue weighted by molar-refractivity contribution is -0.158. The second kappa shape index (κ2) is 18.1. The molecule has 3 aliphatic rings. The highest BCUT2D eigenvalue weighted by Crippen LogP contribution is 2.52. The lowest BCUT2D eigenvalue weighted by Crippen LogP contribution is -2.62. The number of phenolic OH excluding ortho intramolecular Hbond substituents is 1. The molecule has 10 heteroatoms. The molecule has 5 atom stereocenters. The Bertz CT molecular complexity index is 1590. The highest BCUT2D eigenvalue weighted by atomic mass is 32.2. The van der Waals surface area contributed by atoms with Crippen LogP contribution in [0.2, 0.25) is 18.1 Å². The summed E-state index contributed by atoms with van der Waals surface area (Å²) in [5, 5.41) is 14.6. The summed E-state index contributed by atoms with van der Waals surface area (Å²) >= 11 is 1.55. The van der Waals surface area contributed by atoms with Crippen molar-refractivity contribution >= 4 is 32.0 Å². The van der Waals surface area contributed by atoms with E-state index in [2.05, 4.69) is 78.7 Å². The number of hydrogen-bond acceptors (Lipinski definition) is 8. The summed E-state index contributed by atoms with van der Waals surface area (Å²) < 4.78 is 18.7. The van der Waals surface area contributed by atoms with E-state index in [1.54, 1.807) is 16.7 Å². The number of carbonyl (C=O) groups is 2. The van der Waals surface area contributed by atoms with Crippen LogP contribution in [0, 0.1) is 17.8 Å². The molecule has 1 fully saturated rings. The van der Waals surface area contributed by atoms with E-state index in [0.29, 0.717) is 18.0 Å². The summed E-state index contributed by atoms with van der Waals surface area (Å²) in [5.74, 6) is 0.501. The van der Waals surface area contributed by atoms with Crippen LogP contribution in [0.1, 0.15) is 111 Å². The van der Waals surface area contributed by atoms with Gasteiger partial charge in [0.25, 0.3) is 0 Å². The number of β-lactam (4-membered cyclic amide) rings is 1. The zero-order valence-electron chi connectivity index (χ0n) is 34.3. The quantitative estimate of drug-likeness (QED) is 0.0501. The summed E-state index contributed by atoms with van der Waals surface area (Å²) in [6.45, 7) is 28.6. The number of amides is 1. The SMILES string of the molecule is C=C(C)[C@@H]1CCC(C)=C[C@H]1c1c(O)cc(CCCCC)cc1OC/C=C/NCC1=C(C(=O)OCC(C)C)N2C(=O)[C@H]([C@@H](C)O[Si](C)(C)C(C)(C)C)C2S1. The third kappa shape index (κ3) is 10.2. The fourth-order valence-electron chi connectivity index (χ4n) is 7.15. The minimum Gasteiger partial charge on any atom is -0.507 e. The van der Waals surface area contributed by atoms with Crippen LogP contribution in [0.25, 0.3) is 0 Å². The molecule has 53 heavy (non-hydrogen) atoms. The van der Waals surface area contributed by atoms with Gasteiger partial charge >= 0.3 is 5.97 Å². The van der Waals surface area contributed by atoms with Gasteiger partial charge in [0.1, 0.15) is 29.2 Å². The van der Waals surface area contributed by atoms with Gasteiger partial charge in [-0.25, -0.2) is 4.79 Å². The number of fused-ring (bicyclic) bond motifs is 1. The Labute approximate surface area is 325 Å². The molecule has 1 aliphatic carbocycles. The van der Waals surface area contributed by atoms with Gasteiger partial charge < -0.3 is 24.3 Å². The van der Waals surface area contributed by atoms with Crippen molar-refractivity contribution in [3.63, 3.8) is 0 Å². The number of hydrogen-bond donors (Lipinski definition) is 2. The molecular weight excluding hydrogens is 701 g/mol. The minimum absolute atomic E-state index is 0.00449. The molecule has 0 aromatic heterocycles. The van der Waals surface area contributed by atoms with Gasteiger partial charge in [-0.1, -0.05) is 89.9 Å². The third-order valence-corrected chi connectivity index (χ3v) is 17.1. The molecule has 1 saturated heterocycles. The third-order valence-electron chi connectivity index (χ3n) is 11.2. The van der Waals surface area contributed by atoms with Crippen molar-refractivity contribution in [2.45, 2.75) is 136 Å². The van der Waals surface area contributed by atoms with Gasteiger partial charge in [-0.3, -0.25) is 9.69 Å². The highest BCUT2D eigenvalue weighted by molar-refractivity contribution is 8.04. The molecule has 2 aliphatic heterocycles. The predicted octanol–water partition coefficient (Wildman–Crippen LogP) is 9.98. The van der Waals surface area contributed by atoms with E-state index in [4.69, 9.17) is 13.9 Å². The molecule has 294 valence electrons. The lowest BCUT2D eigenvalue weighted by atomic mass is 9.73. The first-order chi connectivity index (χ1) is 24.9. The fourth-order valence-corrected chi connectivity index (χ4v) is 10.1. The van der Waals surface area contributed by atoms with Crippen LogP contribution in [0.15, 0.2) is 58.8 Å². The molecule has 0 radical (unpaired) electrons. The number of carbonyl (C=O) groups excluding carboxylic acids is 2. The normalized spacial score (nSPS) is 22.5.